The largest absolute Gasteiger partial charge is 0.478 e. The van der Waals surface area contributed by atoms with Crippen molar-refractivity contribution in [3.8, 4) is 10.6 Å². The van der Waals surface area contributed by atoms with Gasteiger partial charge in [-0.05, 0) is 54.4 Å². The molecule has 0 atom stereocenters. The second kappa shape index (κ2) is 13.7. The molecule has 9 nitrogen and oxygen atoms in total. The van der Waals surface area contributed by atoms with E-state index in [1.165, 1.54) is 16.2 Å². The van der Waals surface area contributed by atoms with E-state index in [9.17, 15) is 9.59 Å². The SMILES string of the molecule is Cc1ccnc(Nc2cccc(-c3cnc(N(CC(=O)N(C)C)Cc4ccc(C(=O)O)cc4)s3)n2)c1.Cl.Cl. The molecular formula is C26H28Cl2N6O3S. The highest BCUT2D eigenvalue weighted by molar-refractivity contribution is 7.18. The number of halogens is 2. The number of amides is 1. The summed E-state index contributed by atoms with van der Waals surface area (Å²) in [5.74, 6) is 0.336. The smallest absolute Gasteiger partial charge is 0.335 e. The van der Waals surface area contributed by atoms with E-state index in [4.69, 9.17) is 10.1 Å². The molecule has 0 saturated carbocycles. The third-order valence-electron chi connectivity index (χ3n) is 5.34. The van der Waals surface area contributed by atoms with Gasteiger partial charge in [-0.1, -0.05) is 29.5 Å². The zero-order chi connectivity index (χ0) is 25.7. The van der Waals surface area contributed by atoms with Crippen molar-refractivity contribution < 1.29 is 14.7 Å². The molecule has 2 N–H and O–H groups in total. The average Bonchev–Trinajstić information content (AvgIpc) is 3.34. The quantitative estimate of drug-likeness (QED) is 0.277. The van der Waals surface area contributed by atoms with Crippen molar-refractivity contribution >= 4 is 64.8 Å². The zero-order valence-electron chi connectivity index (χ0n) is 21.0. The van der Waals surface area contributed by atoms with Crippen LogP contribution in [0.25, 0.3) is 10.6 Å². The summed E-state index contributed by atoms with van der Waals surface area (Å²) in [5, 5.41) is 13.1. The Morgan fingerprint density at radius 1 is 1.00 bits per heavy atom. The Hall–Kier alpha value is -3.73. The molecule has 3 heterocycles. The minimum Gasteiger partial charge on any atom is -0.478 e. The molecule has 1 aromatic carbocycles. The number of thiazole rings is 1. The summed E-state index contributed by atoms with van der Waals surface area (Å²) in [5.41, 5.74) is 2.94. The third-order valence-corrected chi connectivity index (χ3v) is 6.42. The predicted molar refractivity (Wildman–Crippen MR) is 155 cm³/mol. The van der Waals surface area contributed by atoms with Crippen LogP contribution in [0.2, 0.25) is 0 Å². The standard InChI is InChI=1S/C26H26N6O3S.2ClH/c1-17-11-12-27-23(13-17)30-22-6-4-5-20(29-22)21-14-28-26(36-21)32(16-24(33)31(2)3)15-18-7-9-19(10-8-18)25(34)35;;/h4-14H,15-16H2,1-3H3,(H,34,35)(H,27,29,30);2*1H. The van der Waals surface area contributed by atoms with Crippen molar-refractivity contribution in [3.63, 3.8) is 0 Å². The maximum absolute atomic E-state index is 12.5. The van der Waals surface area contributed by atoms with Gasteiger partial charge >= 0.3 is 5.97 Å². The molecule has 0 bridgehead atoms. The van der Waals surface area contributed by atoms with Crippen LogP contribution >= 0.6 is 36.2 Å². The van der Waals surface area contributed by atoms with Gasteiger partial charge in [-0.25, -0.2) is 19.7 Å². The Kier molecular flexibility index (Phi) is 11.0. The van der Waals surface area contributed by atoms with Crippen LogP contribution in [0.4, 0.5) is 16.8 Å². The van der Waals surface area contributed by atoms with Crippen molar-refractivity contribution in [3.05, 3.63) is 83.7 Å². The number of carboxylic acid groups (broad SMARTS) is 1. The summed E-state index contributed by atoms with van der Waals surface area (Å²) in [4.78, 5) is 41.6. The number of aryl methyl sites for hydroxylation is 1. The fourth-order valence-corrected chi connectivity index (χ4v) is 4.26. The monoisotopic (exact) mass is 574 g/mol. The van der Waals surface area contributed by atoms with Crippen molar-refractivity contribution in [2.75, 3.05) is 30.9 Å². The number of nitrogens with one attached hydrogen (secondary N) is 1. The number of rotatable bonds is 9. The first-order valence-corrected chi connectivity index (χ1v) is 12.0. The molecule has 3 aromatic heterocycles. The number of hydrogen-bond donors (Lipinski definition) is 2. The maximum Gasteiger partial charge on any atom is 0.335 e. The van der Waals surface area contributed by atoms with E-state index in [1.54, 1.807) is 50.8 Å². The van der Waals surface area contributed by atoms with E-state index in [1.807, 2.05) is 42.2 Å². The Bertz CT molecular complexity index is 1380. The van der Waals surface area contributed by atoms with E-state index >= 15 is 0 Å². The Morgan fingerprint density at radius 3 is 2.39 bits per heavy atom. The molecule has 200 valence electrons. The van der Waals surface area contributed by atoms with Gasteiger partial charge < -0.3 is 20.2 Å². The number of aromatic carboxylic acids is 1. The number of hydrogen-bond acceptors (Lipinski definition) is 8. The molecular weight excluding hydrogens is 547 g/mol. The minimum absolute atomic E-state index is 0. The number of nitrogens with zero attached hydrogens (tertiary/aromatic N) is 5. The van der Waals surface area contributed by atoms with Gasteiger partial charge in [0, 0.05) is 33.0 Å². The summed E-state index contributed by atoms with van der Waals surface area (Å²) in [6.07, 6.45) is 3.49. The number of carbonyl (C=O) groups excluding carboxylic acids is 1. The molecule has 0 spiro atoms. The highest BCUT2D eigenvalue weighted by atomic mass is 35.5. The number of benzene rings is 1. The molecule has 0 aliphatic heterocycles. The van der Waals surface area contributed by atoms with Crippen LogP contribution < -0.4 is 10.2 Å². The van der Waals surface area contributed by atoms with Crippen molar-refractivity contribution in [2.24, 2.45) is 0 Å². The van der Waals surface area contributed by atoms with Crippen molar-refractivity contribution in [2.45, 2.75) is 13.5 Å². The highest BCUT2D eigenvalue weighted by Crippen LogP contribution is 2.32. The summed E-state index contributed by atoms with van der Waals surface area (Å²) in [7, 11) is 3.42. The molecule has 0 radical (unpaired) electrons. The van der Waals surface area contributed by atoms with Crippen LogP contribution in [0.5, 0.6) is 0 Å². The number of pyridine rings is 2. The second-order valence-electron chi connectivity index (χ2n) is 8.40. The molecule has 38 heavy (non-hydrogen) atoms. The van der Waals surface area contributed by atoms with E-state index in [0.717, 1.165) is 21.7 Å². The van der Waals surface area contributed by atoms with Crippen LogP contribution in [0.1, 0.15) is 21.5 Å². The van der Waals surface area contributed by atoms with Crippen LogP contribution in [0.3, 0.4) is 0 Å². The minimum atomic E-state index is -0.979. The summed E-state index contributed by atoms with van der Waals surface area (Å²) >= 11 is 1.44. The lowest BCUT2D eigenvalue weighted by molar-refractivity contribution is -0.127. The average molecular weight is 576 g/mol. The molecule has 4 rings (SSSR count). The predicted octanol–water partition coefficient (Wildman–Crippen LogP) is 5.29. The first kappa shape index (κ1) is 30.5. The number of carbonyl (C=O) groups is 2. The van der Waals surface area contributed by atoms with Crippen molar-refractivity contribution in [1.29, 1.82) is 0 Å². The van der Waals surface area contributed by atoms with E-state index < -0.39 is 5.97 Å². The molecule has 4 aromatic rings. The van der Waals surface area contributed by atoms with E-state index in [0.29, 0.717) is 23.3 Å². The van der Waals surface area contributed by atoms with Gasteiger partial charge in [0.1, 0.15) is 11.6 Å². The fourth-order valence-electron chi connectivity index (χ4n) is 3.38. The van der Waals surface area contributed by atoms with Gasteiger partial charge in [-0.2, -0.15) is 0 Å². The lowest BCUT2D eigenvalue weighted by Crippen LogP contribution is -2.36. The highest BCUT2D eigenvalue weighted by Gasteiger charge is 2.18. The molecule has 1 amide bonds. The number of carboxylic acids is 1. The van der Waals surface area contributed by atoms with Gasteiger partial charge in [-0.15, -0.1) is 24.8 Å². The van der Waals surface area contributed by atoms with Gasteiger partial charge in [0.25, 0.3) is 0 Å². The lowest BCUT2D eigenvalue weighted by atomic mass is 10.1. The van der Waals surface area contributed by atoms with Gasteiger partial charge in [0.2, 0.25) is 5.91 Å². The van der Waals surface area contributed by atoms with E-state index in [2.05, 4.69) is 15.3 Å². The molecule has 0 unspecified atom stereocenters. The molecule has 0 fully saturated rings. The Balaban J connectivity index is 0.00000253. The number of aromatic nitrogens is 3. The van der Waals surface area contributed by atoms with E-state index in [-0.39, 0.29) is 42.8 Å². The van der Waals surface area contributed by atoms with Crippen molar-refractivity contribution in [1.82, 2.24) is 19.9 Å². The Morgan fingerprint density at radius 2 is 1.74 bits per heavy atom. The normalized spacial score (nSPS) is 10.1. The summed E-state index contributed by atoms with van der Waals surface area (Å²) < 4.78 is 0. The molecule has 0 aliphatic rings. The van der Waals surface area contributed by atoms with Crippen LogP contribution in [0.15, 0.2) is 67.0 Å². The second-order valence-corrected chi connectivity index (χ2v) is 9.41. The first-order chi connectivity index (χ1) is 17.3. The topological polar surface area (TPSA) is 112 Å². The third kappa shape index (κ3) is 7.88. The summed E-state index contributed by atoms with van der Waals surface area (Å²) in [6.45, 7) is 2.54. The maximum atomic E-state index is 12.5. The van der Waals surface area contributed by atoms with Crippen LogP contribution in [-0.4, -0.2) is 57.5 Å². The molecule has 0 saturated heterocycles. The Labute approximate surface area is 237 Å². The van der Waals surface area contributed by atoms with Crippen LogP contribution in [-0.2, 0) is 11.3 Å². The fraction of sp³-hybridized carbons (Fsp3) is 0.192. The number of anilines is 3. The van der Waals surface area contributed by atoms with Gasteiger partial charge in [0.15, 0.2) is 5.13 Å². The molecule has 12 heteroatoms. The lowest BCUT2D eigenvalue weighted by Gasteiger charge is -2.23. The molecule has 0 aliphatic carbocycles. The first-order valence-electron chi connectivity index (χ1n) is 11.2. The van der Waals surface area contributed by atoms with Crippen LogP contribution in [0, 0.1) is 6.92 Å². The zero-order valence-corrected chi connectivity index (χ0v) is 23.4. The number of likely N-dealkylation sites (N-methyl/N-ethyl adjacent to an activating group) is 1. The summed E-state index contributed by atoms with van der Waals surface area (Å²) in [6, 6.07) is 16.2. The van der Waals surface area contributed by atoms with Gasteiger partial charge in [-0.3, -0.25) is 4.79 Å². The van der Waals surface area contributed by atoms with Gasteiger partial charge in [0.05, 0.1) is 22.7 Å².